The fourth-order valence-corrected chi connectivity index (χ4v) is 3.41. The van der Waals surface area contributed by atoms with Crippen LogP contribution in [-0.2, 0) is 5.41 Å². The molecule has 1 N–H and O–H groups in total. The molecule has 0 spiro atoms. The fourth-order valence-electron chi connectivity index (χ4n) is 3.41. The molecule has 2 aromatic rings. The number of hydrogen-bond acceptors (Lipinski definition) is 5. The zero-order chi connectivity index (χ0) is 18.7. The molecule has 0 radical (unpaired) electrons. The van der Waals surface area contributed by atoms with E-state index in [-0.39, 0.29) is 11.3 Å². The maximum Gasteiger partial charge on any atom is 0.225 e. The van der Waals surface area contributed by atoms with Gasteiger partial charge in [-0.15, -0.1) is 0 Å². The summed E-state index contributed by atoms with van der Waals surface area (Å²) in [5.41, 5.74) is 2.03. The highest BCUT2D eigenvalue weighted by Crippen LogP contribution is 2.32. The van der Waals surface area contributed by atoms with Crippen LogP contribution in [0.3, 0.4) is 0 Å². The van der Waals surface area contributed by atoms with E-state index in [2.05, 4.69) is 30.7 Å². The van der Waals surface area contributed by atoms with Gasteiger partial charge in [-0.3, -0.25) is 0 Å². The quantitative estimate of drug-likeness (QED) is 0.905. The van der Waals surface area contributed by atoms with Crippen molar-refractivity contribution in [2.24, 2.45) is 5.92 Å². The third kappa shape index (κ3) is 4.15. The lowest BCUT2D eigenvalue weighted by molar-refractivity contribution is 0.0927. The SMILES string of the molecule is COc1ccc(C(O)C2CCN(c3nccc(C(C)(C)C)n3)CC2)cc1. The molecular formula is C21H29N3O2. The maximum atomic E-state index is 10.7. The number of aliphatic hydroxyl groups is 1. The second-order valence-corrected chi connectivity index (χ2v) is 8.03. The van der Waals surface area contributed by atoms with Crippen molar-refractivity contribution in [3.05, 3.63) is 47.8 Å². The number of hydrogen-bond donors (Lipinski definition) is 1. The van der Waals surface area contributed by atoms with Crippen LogP contribution < -0.4 is 9.64 Å². The molecule has 3 rings (SSSR count). The number of piperidine rings is 1. The molecule has 2 heterocycles. The molecule has 0 amide bonds. The third-order valence-corrected chi connectivity index (χ3v) is 5.14. The molecule has 1 fully saturated rings. The molecule has 0 saturated carbocycles. The van der Waals surface area contributed by atoms with Gasteiger partial charge in [0.25, 0.3) is 0 Å². The molecule has 1 aliphatic rings. The zero-order valence-corrected chi connectivity index (χ0v) is 16.1. The van der Waals surface area contributed by atoms with Crippen molar-refractivity contribution in [1.82, 2.24) is 9.97 Å². The normalized spacial score (nSPS) is 17.2. The van der Waals surface area contributed by atoms with E-state index in [1.54, 1.807) is 7.11 Å². The summed E-state index contributed by atoms with van der Waals surface area (Å²) in [6, 6.07) is 9.69. The predicted molar refractivity (Wildman–Crippen MR) is 104 cm³/mol. The first-order valence-corrected chi connectivity index (χ1v) is 9.29. The molecule has 26 heavy (non-hydrogen) atoms. The van der Waals surface area contributed by atoms with Gasteiger partial charge in [-0.05, 0) is 42.5 Å². The molecular weight excluding hydrogens is 326 g/mol. The van der Waals surface area contributed by atoms with Crippen molar-refractivity contribution >= 4 is 5.95 Å². The van der Waals surface area contributed by atoms with Crippen LogP contribution in [0, 0.1) is 5.92 Å². The topological polar surface area (TPSA) is 58.5 Å². The molecule has 5 heteroatoms. The van der Waals surface area contributed by atoms with Gasteiger partial charge in [-0.25, -0.2) is 9.97 Å². The minimum atomic E-state index is -0.440. The number of benzene rings is 1. The average Bonchev–Trinajstić information content (AvgIpc) is 2.67. The number of methoxy groups -OCH3 is 1. The largest absolute Gasteiger partial charge is 0.497 e. The Labute approximate surface area is 156 Å². The summed E-state index contributed by atoms with van der Waals surface area (Å²) in [6.07, 6.45) is 3.26. The maximum absolute atomic E-state index is 10.7. The molecule has 0 bridgehead atoms. The summed E-state index contributed by atoms with van der Waals surface area (Å²) >= 11 is 0. The van der Waals surface area contributed by atoms with Gasteiger partial charge in [-0.1, -0.05) is 32.9 Å². The van der Waals surface area contributed by atoms with Crippen LogP contribution in [0.15, 0.2) is 36.5 Å². The van der Waals surface area contributed by atoms with E-state index in [4.69, 9.17) is 9.72 Å². The Morgan fingerprint density at radius 3 is 2.35 bits per heavy atom. The van der Waals surface area contributed by atoms with E-state index in [0.29, 0.717) is 0 Å². The summed E-state index contributed by atoms with van der Waals surface area (Å²) in [5, 5.41) is 10.7. The molecule has 0 aliphatic carbocycles. The number of aromatic nitrogens is 2. The Kier molecular flexibility index (Phi) is 5.47. The smallest absolute Gasteiger partial charge is 0.225 e. The van der Waals surface area contributed by atoms with Gasteiger partial charge in [0, 0.05) is 24.7 Å². The van der Waals surface area contributed by atoms with Crippen molar-refractivity contribution < 1.29 is 9.84 Å². The summed E-state index contributed by atoms with van der Waals surface area (Å²) < 4.78 is 5.19. The second kappa shape index (κ2) is 7.62. The van der Waals surface area contributed by atoms with E-state index in [9.17, 15) is 5.11 Å². The molecule has 1 unspecified atom stereocenters. The highest BCUT2D eigenvalue weighted by atomic mass is 16.5. The van der Waals surface area contributed by atoms with Crippen molar-refractivity contribution in [2.75, 3.05) is 25.1 Å². The van der Waals surface area contributed by atoms with Crippen LogP contribution in [0.25, 0.3) is 0 Å². The summed E-state index contributed by atoms with van der Waals surface area (Å²) in [6.45, 7) is 8.22. The van der Waals surface area contributed by atoms with E-state index in [1.165, 1.54) is 0 Å². The van der Waals surface area contributed by atoms with Crippen molar-refractivity contribution in [2.45, 2.75) is 45.1 Å². The first kappa shape index (κ1) is 18.6. The fraction of sp³-hybridized carbons (Fsp3) is 0.524. The average molecular weight is 355 g/mol. The Hall–Kier alpha value is -2.14. The van der Waals surface area contributed by atoms with Gasteiger partial charge >= 0.3 is 0 Å². The zero-order valence-electron chi connectivity index (χ0n) is 16.1. The Morgan fingerprint density at radius 2 is 1.77 bits per heavy atom. The highest BCUT2D eigenvalue weighted by Gasteiger charge is 2.28. The van der Waals surface area contributed by atoms with Crippen molar-refractivity contribution in [3.8, 4) is 5.75 Å². The van der Waals surface area contributed by atoms with Crippen LogP contribution in [0.4, 0.5) is 5.95 Å². The molecule has 1 aromatic carbocycles. The summed E-state index contributed by atoms with van der Waals surface area (Å²) in [5.74, 6) is 1.87. The Morgan fingerprint density at radius 1 is 1.12 bits per heavy atom. The molecule has 1 atom stereocenters. The lowest BCUT2D eigenvalue weighted by Crippen LogP contribution is -2.37. The third-order valence-electron chi connectivity index (χ3n) is 5.14. The van der Waals surface area contributed by atoms with E-state index in [1.807, 2.05) is 36.5 Å². The summed E-state index contributed by atoms with van der Waals surface area (Å²) in [4.78, 5) is 11.4. The minimum Gasteiger partial charge on any atom is -0.497 e. The van der Waals surface area contributed by atoms with Crippen LogP contribution in [0.5, 0.6) is 5.75 Å². The molecule has 1 aromatic heterocycles. The molecule has 1 aliphatic heterocycles. The van der Waals surface area contributed by atoms with Crippen molar-refractivity contribution in [3.63, 3.8) is 0 Å². The van der Waals surface area contributed by atoms with Crippen LogP contribution >= 0.6 is 0 Å². The van der Waals surface area contributed by atoms with Crippen LogP contribution in [0.2, 0.25) is 0 Å². The van der Waals surface area contributed by atoms with E-state index < -0.39 is 6.10 Å². The van der Waals surface area contributed by atoms with Gasteiger partial charge in [0.15, 0.2) is 0 Å². The van der Waals surface area contributed by atoms with Gasteiger partial charge in [0.05, 0.1) is 18.9 Å². The van der Waals surface area contributed by atoms with Crippen LogP contribution in [0.1, 0.15) is 51.0 Å². The Balaban J connectivity index is 1.63. The van der Waals surface area contributed by atoms with Gasteiger partial charge in [-0.2, -0.15) is 0 Å². The van der Waals surface area contributed by atoms with Crippen LogP contribution in [-0.4, -0.2) is 35.3 Å². The lowest BCUT2D eigenvalue weighted by Gasteiger charge is -2.34. The first-order valence-electron chi connectivity index (χ1n) is 9.29. The van der Waals surface area contributed by atoms with E-state index in [0.717, 1.165) is 48.9 Å². The van der Waals surface area contributed by atoms with Gasteiger partial charge in [0.1, 0.15) is 5.75 Å². The lowest BCUT2D eigenvalue weighted by atomic mass is 9.87. The molecule has 1 saturated heterocycles. The van der Waals surface area contributed by atoms with Gasteiger partial charge in [0.2, 0.25) is 5.95 Å². The number of anilines is 1. The highest BCUT2D eigenvalue weighted by molar-refractivity contribution is 5.33. The number of ether oxygens (including phenoxy) is 1. The van der Waals surface area contributed by atoms with E-state index >= 15 is 0 Å². The predicted octanol–water partition coefficient (Wildman–Crippen LogP) is 3.73. The number of rotatable bonds is 4. The van der Waals surface area contributed by atoms with Crippen molar-refractivity contribution in [1.29, 1.82) is 0 Å². The minimum absolute atomic E-state index is 0.0145. The molecule has 5 nitrogen and oxygen atoms in total. The summed E-state index contributed by atoms with van der Waals surface area (Å²) in [7, 11) is 1.65. The number of nitrogens with zero attached hydrogens (tertiary/aromatic N) is 3. The van der Waals surface area contributed by atoms with Gasteiger partial charge < -0.3 is 14.7 Å². The Bertz CT molecular complexity index is 717. The standard InChI is InChI=1S/C21H29N3O2/c1-21(2,3)18-9-12-22-20(23-18)24-13-10-16(11-14-24)19(25)15-5-7-17(26-4)8-6-15/h5-9,12,16,19,25H,10-11,13-14H2,1-4H3. The first-order chi connectivity index (χ1) is 12.4. The molecule has 140 valence electrons. The number of aliphatic hydroxyl groups excluding tert-OH is 1. The monoisotopic (exact) mass is 355 g/mol. The second-order valence-electron chi connectivity index (χ2n) is 8.03.